The topological polar surface area (TPSA) is 78.9 Å². The first kappa shape index (κ1) is 59.9. The Morgan fingerprint density at radius 1 is 0.333 bits per heavy atom. The lowest BCUT2D eigenvalue weighted by atomic mass is 10.0. The minimum atomic E-state index is -0.812. The highest BCUT2D eigenvalue weighted by molar-refractivity contribution is 5.71. The van der Waals surface area contributed by atoms with Gasteiger partial charge in [-0.25, -0.2) is 0 Å². The van der Waals surface area contributed by atoms with Crippen LogP contribution in [0.3, 0.4) is 0 Å². The summed E-state index contributed by atoms with van der Waals surface area (Å²) in [6.07, 6.45) is 64.7. The van der Waals surface area contributed by atoms with Gasteiger partial charge in [0.25, 0.3) is 0 Å². The molecule has 0 saturated carbocycles. The molecule has 1 atom stereocenters. The van der Waals surface area contributed by atoms with E-state index in [4.69, 9.17) is 14.2 Å². The zero-order valence-corrected chi connectivity index (χ0v) is 41.3. The summed E-state index contributed by atoms with van der Waals surface area (Å²) in [5, 5.41) is 0. The van der Waals surface area contributed by atoms with Crippen LogP contribution in [0.2, 0.25) is 0 Å². The molecule has 0 rings (SSSR count). The van der Waals surface area contributed by atoms with Gasteiger partial charge in [0.2, 0.25) is 0 Å². The Labute approximate surface area is 389 Å². The minimum absolute atomic E-state index is 0.103. The zero-order valence-electron chi connectivity index (χ0n) is 41.3. The van der Waals surface area contributed by atoms with Crippen molar-refractivity contribution in [3.8, 4) is 0 Å². The zero-order chi connectivity index (χ0) is 45.8. The molecule has 0 amide bonds. The lowest BCUT2D eigenvalue weighted by Gasteiger charge is -2.18. The molecular formula is C57H98O6. The van der Waals surface area contributed by atoms with Crippen molar-refractivity contribution in [2.24, 2.45) is 0 Å². The maximum absolute atomic E-state index is 12.7. The quantitative estimate of drug-likeness (QED) is 0.0262. The number of carbonyl (C=O) groups excluding carboxylic acids is 3. The number of esters is 3. The molecule has 0 bridgehead atoms. The van der Waals surface area contributed by atoms with E-state index >= 15 is 0 Å². The molecule has 0 aliphatic carbocycles. The average molecular weight is 879 g/mol. The van der Waals surface area contributed by atoms with Crippen LogP contribution in [0.25, 0.3) is 0 Å². The maximum atomic E-state index is 12.7. The highest BCUT2D eigenvalue weighted by atomic mass is 16.6. The monoisotopic (exact) mass is 879 g/mol. The average Bonchev–Trinajstić information content (AvgIpc) is 3.28. The van der Waals surface area contributed by atoms with Crippen molar-refractivity contribution in [3.05, 3.63) is 72.9 Å². The summed E-state index contributed by atoms with van der Waals surface area (Å²) in [4.78, 5) is 37.9. The first-order valence-electron chi connectivity index (χ1n) is 26.4. The van der Waals surface area contributed by atoms with Gasteiger partial charge < -0.3 is 14.2 Å². The number of ether oxygens (including phenoxy) is 3. The third-order valence-corrected chi connectivity index (χ3v) is 11.2. The van der Waals surface area contributed by atoms with E-state index in [0.717, 1.165) is 70.6 Å². The Balaban J connectivity index is 4.41. The summed E-state index contributed by atoms with van der Waals surface area (Å²) in [6.45, 7) is 6.44. The highest BCUT2D eigenvalue weighted by Gasteiger charge is 2.19. The minimum Gasteiger partial charge on any atom is -0.462 e. The molecule has 0 aliphatic heterocycles. The fourth-order valence-corrected chi connectivity index (χ4v) is 7.25. The van der Waals surface area contributed by atoms with Gasteiger partial charge in [-0.05, 0) is 77.0 Å². The van der Waals surface area contributed by atoms with E-state index in [9.17, 15) is 14.4 Å². The van der Waals surface area contributed by atoms with E-state index in [1.165, 1.54) is 135 Å². The van der Waals surface area contributed by atoms with Crippen molar-refractivity contribution >= 4 is 17.9 Å². The van der Waals surface area contributed by atoms with Crippen LogP contribution in [0.15, 0.2) is 72.9 Å². The number of hydrogen-bond donors (Lipinski definition) is 0. The number of unbranched alkanes of at least 4 members (excludes halogenated alkanes) is 24. The molecule has 63 heavy (non-hydrogen) atoms. The van der Waals surface area contributed by atoms with Crippen LogP contribution in [-0.4, -0.2) is 37.2 Å². The Morgan fingerprint density at radius 2 is 0.651 bits per heavy atom. The summed E-state index contributed by atoms with van der Waals surface area (Å²) in [7, 11) is 0. The fraction of sp³-hybridized carbons (Fsp3) is 0.737. The van der Waals surface area contributed by atoms with Crippen molar-refractivity contribution < 1.29 is 28.6 Å². The molecule has 0 saturated heterocycles. The smallest absolute Gasteiger partial charge is 0.306 e. The van der Waals surface area contributed by atoms with Crippen molar-refractivity contribution in [1.82, 2.24) is 0 Å². The lowest BCUT2D eigenvalue weighted by molar-refractivity contribution is -0.166. The van der Waals surface area contributed by atoms with Gasteiger partial charge in [-0.2, -0.15) is 0 Å². The van der Waals surface area contributed by atoms with Crippen LogP contribution >= 0.6 is 0 Å². The van der Waals surface area contributed by atoms with Crippen LogP contribution < -0.4 is 0 Å². The molecule has 362 valence electrons. The van der Waals surface area contributed by atoms with E-state index in [1.807, 2.05) is 12.2 Å². The summed E-state index contributed by atoms with van der Waals surface area (Å²) in [5.41, 5.74) is 0. The van der Waals surface area contributed by atoms with Gasteiger partial charge in [-0.3, -0.25) is 14.4 Å². The van der Waals surface area contributed by atoms with E-state index in [2.05, 4.69) is 81.5 Å². The van der Waals surface area contributed by atoms with Crippen molar-refractivity contribution in [2.75, 3.05) is 13.2 Å². The Kier molecular flexibility index (Phi) is 48.9. The first-order valence-corrected chi connectivity index (χ1v) is 26.4. The molecule has 0 aromatic rings. The van der Waals surface area contributed by atoms with Crippen LogP contribution in [0.5, 0.6) is 0 Å². The summed E-state index contributed by atoms with van der Waals surface area (Å²) in [6, 6.07) is 0. The van der Waals surface area contributed by atoms with Crippen LogP contribution in [0.4, 0.5) is 0 Å². The molecule has 0 aromatic carbocycles. The number of rotatable bonds is 47. The Morgan fingerprint density at radius 3 is 1.06 bits per heavy atom. The number of hydrogen-bond acceptors (Lipinski definition) is 6. The fourth-order valence-electron chi connectivity index (χ4n) is 7.25. The van der Waals surface area contributed by atoms with E-state index in [-0.39, 0.29) is 37.5 Å². The van der Waals surface area contributed by atoms with Gasteiger partial charge in [-0.15, -0.1) is 0 Å². The second-order valence-electron chi connectivity index (χ2n) is 17.4. The van der Waals surface area contributed by atoms with Crippen molar-refractivity contribution in [1.29, 1.82) is 0 Å². The van der Waals surface area contributed by atoms with E-state index < -0.39 is 6.10 Å². The van der Waals surface area contributed by atoms with Gasteiger partial charge in [0.1, 0.15) is 13.2 Å². The van der Waals surface area contributed by atoms with Crippen molar-refractivity contribution in [2.45, 2.75) is 258 Å². The number of carbonyl (C=O) groups is 3. The van der Waals surface area contributed by atoms with Gasteiger partial charge in [0.15, 0.2) is 6.10 Å². The maximum Gasteiger partial charge on any atom is 0.306 e. The number of allylic oxidation sites excluding steroid dienone is 12. The molecule has 0 aliphatic rings. The van der Waals surface area contributed by atoms with Crippen LogP contribution in [0, 0.1) is 0 Å². The third kappa shape index (κ3) is 49.7. The predicted molar refractivity (Wildman–Crippen MR) is 270 cm³/mol. The standard InChI is InChI=1S/C57H98O6/c1-4-7-10-13-16-19-22-25-26-27-28-29-30-33-35-38-41-44-47-50-56(59)62-53-54(63-57(60)51-48-45-42-39-36-32-24-21-18-15-12-9-6-3)52-61-55(58)49-46-43-40-37-34-31-23-20-17-14-11-8-5-2/h9,12,16,18-19,21,25-26,32,36,42,45,54H,4-8,10-11,13-15,17,20,22-24,27-31,33-35,37-41,43-44,46-53H2,1-3H3/b12-9-,19-16-,21-18-,26-25-,36-32-,45-42-. The van der Waals surface area contributed by atoms with Gasteiger partial charge in [0.05, 0.1) is 0 Å². The van der Waals surface area contributed by atoms with Gasteiger partial charge in [0, 0.05) is 19.3 Å². The molecule has 0 fully saturated rings. The molecule has 0 N–H and O–H groups in total. The molecule has 0 heterocycles. The largest absolute Gasteiger partial charge is 0.462 e. The predicted octanol–water partition coefficient (Wildman–Crippen LogP) is 17.4. The molecule has 6 heteroatoms. The summed E-state index contributed by atoms with van der Waals surface area (Å²) < 4.78 is 16.7. The third-order valence-electron chi connectivity index (χ3n) is 11.2. The highest BCUT2D eigenvalue weighted by Crippen LogP contribution is 2.15. The summed E-state index contributed by atoms with van der Waals surface area (Å²) in [5.74, 6) is -0.986. The molecule has 0 radical (unpaired) electrons. The van der Waals surface area contributed by atoms with Crippen LogP contribution in [0.1, 0.15) is 252 Å². The molecule has 1 unspecified atom stereocenters. The normalized spacial score (nSPS) is 12.6. The SMILES string of the molecule is CC/C=C\C/C=C\C/C=C\C/C=C\CCC(=O)OC(COC(=O)CCCCCCCCCCC/C=C\C/C=C\CCCCC)COC(=O)CCCCCCCCCCCCCCC. The lowest BCUT2D eigenvalue weighted by Crippen LogP contribution is -2.30. The van der Waals surface area contributed by atoms with Crippen LogP contribution in [-0.2, 0) is 28.6 Å². The molecule has 6 nitrogen and oxygen atoms in total. The van der Waals surface area contributed by atoms with Crippen molar-refractivity contribution in [3.63, 3.8) is 0 Å². The van der Waals surface area contributed by atoms with E-state index in [1.54, 1.807) is 0 Å². The Hall–Kier alpha value is -3.15. The molecule has 0 aromatic heterocycles. The molecule has 0 spiro atoms. The summed E-state index contributed by atoms with van der Waals surface area (Å²) >= 11 is 0. The second kappa shape index (κ2) is 51.5. The van der Waals surface area contributed by atoms with Gasteiger partial charge in [-0.1, -0.05) is 229 Å². The Bertz CT molecular complexity index is 1190. The first-order chi connectivity index (χ1) is 31.0. The molecular weight excluding hydrogens is 781 g/mol. The van der Waals surface area contributed by atoms with E-state index in [0.29, 0.717) is 19.3 Å². The van der Waals surface area contributed by atoms with Gasteiger partial charge >= 0.3 is 17.9 Å². The second-order valence-corrected chi connectivity index (χ2v) is 17.4.